The normalized spacial score (nSPS) is 20.8. The summed E-state index contributed by atoms with van der Waals surface area (Å²) >= 11 is 0. The maximum atomic E-state index is 13.3. The van der Waals surface area contributed by atoms with Crippen LogP contribution in [-0.4, -0.2) is 91.6 Å². The van der Waals surface area contributed by atoms with Gasteiger partial charge in [-0.05, 0) is 63.3 Å². The van der Waals surface area contributed by atoms with Crippen molar-refractivity contribution in [1.29, 1.82) is 0 Å². The van der Waals surface area contributed by atoms with Crippen LogP contribution in [0.2, 0.25) is 0 Å². The number of hydrogen-bond donors (Lipinski definition) is 1. The Balaban J connectivity index is 1.11. The fourth-order valence-electron chi connectivity index (χ4n) is 6.04. The lowest BCUT2D eigenvalue weighted by molar-refractivity contribution is 0.0677. The molecule has 44 heavy (non-hydrogen) atoms. The number of fused-ring (bicyclic) bond motifs is 2. The van der Waals surface area contributed by atoms with Gasteiger partial charge in [-0.25, -0.2) is 0 Å². The first kappa shape index (κ1) is 31.1. The molecule has 2 aromatic rings. The Morgan fingerprint density at radius 3 is 2.39 bits per heavy atom. The van der Waals surface area contributed by atoms with Crippen molar-refractivity contribution >= 4 is 23.7 Å². The van der Waals surface area contributed by atoms with Crippen LogP contribution in [0.1, 0.15) is 59.7 Å². The number of likely N-dealkylation sites (tertiary alicyclic amines) is 1. The molecule has 2 atom stereocenters. The Bertz CT molecular complexity index is 1490. The molecule has 2 aromatic carbocycles. The summed E-state index contributed by atoms with van der Waals surface area (Å²) in [5, 5.41) is 9.64. The third kappa shape index (κ3) is 6.31. The molecule has 234 valence electrons. The summed E-state index contributed by atoms with van der Waals surface area (Å²) in [6.45, 7) is 11.8. The summed E-state index contributed by atoms with van der Waals surface area (Å²) in [7, 11) is 3.10. The number of aliphatic hydroxyl groups is 1. The van der Waals surface area contributed by atoms with Gasteiger partial charge < -0.3 is 33.9 Å². The number of rotatable bonds is 12. The number of aliphatic hydroxyl groups excluding tert-OH is 1. The van der Waals surface area contributed by atoms with E-state index in [1.165, 1.54) is 0 Å². The van der Waals surface area contributed by atoms with Gasteiger partial charge in [0.25, 0.3) is 11.8 Å². The minimum atomic E-state index is -0.486. The van der Waals surface area contributed by atoms with Gasteiger partial charge in [0.15, 0.2) is 23.0 Å². The van der Waals surface area contributed by atoms with Gasteiger partial charge in [-0.2, -0.15) is 0 Å². The van der Waals surface area contributed by atoms with Gasteiger partial charge in [-0.15, -0.1) is 0 Å². The van der Waals surface area contributed by atoms with Crippen LogP contribution < -0.4 is 18.9 Å². The van der Waals surface area contributed by atoms with Gasteiger partial charge in [-0.3, -0.25) is 14.6 Å². The van der Waals surface area contributed by atoms with Crippen LogP contribution in [0.15, 0.2) is 59.6 Å². The van der Waals surface area contributed by atoms with E-state index in [0.29, 0.717) is 79.0 Å². The minimum Gasteiger partial charge on any atom is -0.493 e. The molecule has 2 saturated heterocycles. The van der Waals surface area contributed by atoms with Crippen molar-refractivity contribution in [2.45, 2.75) is 50.6 Å². The number of hydrogen-bond acceptors (Lipinski definition) is 8. The van der Waals surface area contributed by atoms with Crippen LogP contribution in [0.4, 0.5) is 5.69 Å². The van der Waals surface area contributed by atoms with Crippen molar-refractivity contribution in [2.75, 3.05) is 47.1 Å². The quantitative estimate of drug-likeness (QED) is 0.269. The van der Waals surface area contributed by atoms with Crippen LogP contribution in [0, 0.1) is 0 Å². The molecule has 2 fully saturated rings. The number of carbonyl (C=O) groups excluding carboxylic acids is 2. The maximum Gasteiger partial charge on any atom is 0.257 e. The smallest absolute Gasteiger partial charge is 0.257 e. The third-order valence-electron chi connectivity index (χ3n) is 8.39. The molecular weight excluding hydrogens is 562 g/mol. The zero-order valence-corrected chi connectivity index (χ0v) is 25.8. The molecule has 3 aliphatic heterocycles. The van der Waals surface area contributed by atoms with Gasteiger partial charge >= 0.3 is 0 Å². The molecule has 0 radical (unpaired) electrons. The van der Waals surface area contributed by atoms with E-state index in [1.54, 1.807) is 49.5 Å². The predicted octanol–water partition coefficient (Wildman–Crippen LogP) is 4.97. The number of amides is 2. The van der Waals surface area contributed by atoms with Gasteiger partial charge in [0.05, 0.1) is 56.9 Å². The molecule has 10 nitrogen and oxygen atoms in total. The van der Waals surface area contributed by atoms with Crippen molar-refractivity contribution in [3.05, 3.63) is 65.8 Å². The van der Waals surface area contributed by atoms with Crippen molar-refractivity contribution in [2.24, 2.45) is 4.99 Å². The predicted molar refractivity (Wildman–Crippen MR) is 168 cm³/mol. The molecule has 0 bridgehead atoms. The van der Waals surface area contributed by atoms with Gasteiger partial charge in [0.2, 0.25) is 0 Å². The van der Waals surface area contributed by atoms with E-state index in [1.807, 2.05) is 18.0 Å². The number of methoxy groups -OCH3 is 2. The molecule has 0 unspecified atom stereocenters. The largest absolute Gasteiger partial charge is 0.493 e. The number of benzene rings is 2. The first-order valence-electron chi connectivity index (χ1n) is 15.0. The zero-order chi connectivity index (χ0) is 31.4. The highest BCUT2D eigenvalue weighted by molar-refractivity contribution is 6.04. The Labute approximate surface area is 258 Å². The summed E-state index contributed by atoms with van der Waals surface area (Å²) in [6.07, 6.45) is 5.58. The topological polar surface area (TPSA) is 110 Å². The van der Waals surface area contributed by atoms with Crippen LogP contribution in [0.5, 0.6) is 23.0 Å². The lowest BCUT2D eigenvalue weighted by Crippen LogP contribution is -2.45. The number of unbranched alkanes of at least 4 members (excludes halogenated alkanes) is 2. The van der Waals surface area contributed by atoms with Crippen LogP contribution in [-0.2, 0) is 0 Å². The van der Waals surface area contributed by atoms with E-state index < -0.39 is 5.54 Å². The summed E-state index contributed by atoms with van der Waals surface area (Å²) < 4.78 is 23.1. The SMILES string of the molecule is C=C1C[C@@H](CO)N(C(=O)c2ccc(OCCCCCOc3cc4c(cc3OC)C(=O)N3CC(=C)C[C@@]3(C)C=N4)c(OC)c2)C1. The summed E-state index contributed by atoms with van der Waals surface area (Å²) in [6, 6.07) is 8.37. The highest BCUT2D eigenvalue weighted by Crippen LogP contribution is 2.41. The summed E-state index contributed by atoms with van der Waals surface area (Å²) in [4.78, 5) is 34.5. The van der Waals surface area contributed by atoms with Crippen LogP contribution >= 0.6 is 0 Å². The lowest BCUT2D eigenvalue weighted by atomic mass is 9.99. The minimum absolute atomic E-state index is 0.0883. The average molecular weight is 604 g/mol. The second-order valence-electron chi connectivity index (χ2n) is 11.8. The van der Waals surface area contributed by atoms with Gasteiger partial charge in [0, 0.05) is 30.9 Å². The highest BCUT2D eigenvalue weighted by Gasteiger charge is 2.43. The zero-order valence-electron chi connectivity index (χ0n) is 25.8. The Kier molecular flexibility index (Phi) is 9.29. The number of carbonyl (C=O) groups is 2. The van der Waals surface area contributed by atoms with Crippen molar-refractivity contribution in [3.63, 3.8) is 0 Å². The monoisotopic (exact) mass is 603 g/mol. The molecule has 0 spiro atoms. The van der Waals surface area contributed by atoms with Crippen molar-refractivity contribution in [3.8, 4) is 23.0 Å². The molecule has 3 aliphatic rings. The third-order valence-corrected chi connectivity index (χ3v) is 8.39. The fraction of sp³-hybridized carbons (Fsp3) is 0.441. The standard InChI is InChI=1S/C34H41N3O7/c1-22-13-25(20-38)36(18-22)32(39)24-9-10-28(29(14-24)41-4)43-11-7-6-8-12-44-31-16-27-26(15-30(31)42-5)33(40)37-19-23(2)17-34(37,3)21-35-27/h9-10,14-16,21,25,38H,1-2,6-8,11-13,17-20H2,3-5H3/t25-,34-/m0/s1. The molecule has 2 amide bonds. The second kappa shape index (κ2) is 13.1. The van der Waals surface area contributed by atoms with Crippen LogP contribution in [0.3, 0.4) is 0 Å². The van der Waals surface area contributed by atoms with E-state index in [-0.39, 0.29) is 24.5 Å². The molecule has 1 N–H and O–H groups in total. The first-order valence-corrected chi connectivity index (χ1v) is 15.0. The number of nitrogens with zero attached hydrogens (tertiary/aromatic N) is 3. The second-order valence-corrected chi connectivity index (χ2v) is 11.8. The first-order chi connectivity index (χ1) is 21.2. The molecule has 0 aromatic heterocycles. The van der Waals surface area contributed by atoms with Crippen molar-refractivity contribution in [1.82, 2.24) is 9.80 Å². The number of ether oxygens (including phenoxy) is 4. The Morgan fingerprint density at radius 1 is 0.977 bits per heavy atom. The number of aliphatic imine (C=N–C) groups is 1. The maximum absolute atomic E-state index is 13.3. The summed E-state index contributed by atoms with van der Waals surface area (Å²) in [5.74, 6) is 1.83. The Morgan fingerprint density at radius 2 is 1.68 bits per heavy atom. The van der Waals surface area contributed by atoms with E-state index in [2.05, 4.69) is 18.2 Å². The average Bonchev–Trinajstić information content (AvgIpc) is 3.53. The molecule has 10 heteroatoms. The lowest BCUT2D eigenvalue weighted by Gasteiger charge is -2.29. The van der Waals surface area contributed by atoms with Gasteiger partial charge in [0.1, 0.15) is 0 Å². The molecular formula is C34H41N3O7. The Hall–Kier alpha value is -4.31. The fourth-order valence-corrected chi connectivity index (χ4v) is 6.04. The molecule has 5 rings (SSSR count). The van der Waals surface area contributed by atoms with E-state index >= 15 is 0 Å². The molecule has 0 aliphatic carbocycles. The van der Waals surface area contributed by atoms with Crippen molar-refractivity contribution < 1.29 is 33.6 Å². The van der Waals surface area contributed by atoms with Gasteiger partial charge in [-0.1, -0.05) is 24.3 Å². The molecule has 3 heterocycles. The van der Waals surface area contributed by atoms with E-state index in [4.69, 9.17) is 18.9 Å². The molecule has 0 saturated carbocycles. The highest BCUT2D eigenvalue weighted by atomic mass is 16.5. The van der Waals surface area contributed by atoms with E-state index in [0.717, 1.165) is 30.4 Å². The van der Waals surface area contributed by atoms with E-state index in [9.17, 15) is 14.7 Å². The summed E-state index contributed by atoms with van der Waals surface area (Å²) in [5.41, 5.74) is 2.99. The van der Waals surface area contributed by atoms with Crippen LogP contribution in [0.25, 0.3) is 0 Å².